The Hall–Kier alpha value is -0.400. The van der Waals surface area contributed by atoms with Gasteiger partial charge < -0.3 is 9.64 Å². The van der Waals surface area contributed by atoms with Crippen molar-refractivity contribution >= 4 is 22.6 Å². The standard InChI is InChI=1S/C12H18IN3O/c1-15-5-7-16(8-6-15)9-10-11(13)3-4-14-12(10)17-2/h3-4H,5-9H2,1-2H3. The molecule has 0 unspecified atom stereocenters. The molecule has 0 saturated carbocycles. The van der Waals surface area contributed by atoms with Crippen molar-refractivity contribution < 1.29 is 4.74 Å². The van der Waals surface area contributed by atoms with Gasteiger partial charge in [0.15, 0.2) is 0 Å². The summed E-state index contributed by atoms with van der Waals surface area (Å²) in [6, 6.07) is 2.04. The van der Waals surface area contributed by atoms with E-state index < -0.39 is 0 Å². The number of rotatable bonds is 3. The molecule has 4 nitrogen and oxygen atoms in total. The number of piperazine rings is 1. The first-order valence-corrected chi connectivity index (χ1v) is 6.87. The number of likely N-dealkylation sites (N-methyl/N-ethyl adjacent to an activating group) is 1. The van der Waals surface area contributed by atoms with Gasteiger partial charge in [-0.2, -0.15) is 0 Å². The van der Waals surface area contributed by atoms with Crippen LogP contribution in [0, 0.1) is 3.57 Å². The zero-order valence-electron chi connectivity index (χ0n) is 10.3. The zero-order chi connectivity index (χ0) is 12.3. The average Bonchev–Trinajstić information content (AvgIpc) is 2.34. The summed E-state index contributed by atoms with van der Waals surface area (Å²) in [5.74, 6) is 0.760. The second-order valence-electron chi connectivity index (χ2n) is 4.36. The molecule has 1 aliphatic heterocycles. The topological polar surface area (TPSA) is 28.6 Å². The van der Waals surface area contributed by atoms with Gasteiger partial charge in [0.2, 0.25) is 5.88 Å². The zero-order valence-corrected chi connectivity index (χ0v) is 12.5. The van der Waals surface area contributed by atoms with Gasteiger partial charge >= 0.3 is 0 Å². The normalized spacial score (nSPS) is 18.3. The maximum Gasteiger partial charge on any atom is 0.218 e. The van der Waals surface area contributed by atoms with E-state index >= 15 is 0 Å². The van der Waals surface area contributed by atoms with Crippen LogP contribution in [-0.2, 0) is 6.54 Å². The molecule has 0 bridgehead atoms. The minimum absolute atomic E-state index is 0.760. The summed E-state index contributed by atoms with van der Waals surface area (Å²) >= 11 is 2.35. The van der Waals surface area contributed by atoms with Crippen LogP contribution in [0.15, 0.2) is 12.3 Å². The molecule has 17 heavy (non-hydrogen) atoms. The van der Waals surface area contributed by atoms with Crippen LogP contribution in [0.1, 0.15) is 5.56 Å². The number of ether oxygens (including phenoxy) is 1. The number of hydrogen-bond donors (Lipinski definition) is 0. The summed E-state index contributed by atoms with van der Waals surface area (Å²) in [5, 5.41) is 0. The largest absolute Gasteiger partial charge is 0.481 e. The van der Waals surface area contributed by atoms with Gasteiger partial charge in [-0.05, 0) is 35.7 Å². The van der Waals surface area contributed by atoms with Crippen LogP contribution in [-0.4, -0.2) is 55.1 Å². The molecule has 1 aromatic heterocycles. The highest BCUT2D eigenvalue weighted by atomic mass is 127. The van der Waals surface area contributed by atoms with Crippen LogP contribution in [0.5, 0.6) is 5.88 Å². The minimum Gasteiger partial charge on any atom is -0.481 e. The van der Waals surface area contributed by atoms with Crippen molar-refractivity contribution in [1.29, 1.82) is 0 Å². The SMILES string of the molecule is COc1nccc(I)c1CN1CCN(C)CC1. The summed E-state index contributed by atoms with van der Waals surface area (Å²) in [6.45, 7) is 5.44. The Morgan fingerprint density at radius 2 is 2.06 bits per heavy atom. The van der Waals surface area contributed by atoms with E-state index in [9.17, 15) is 0 Å². The summed E-state index contributed by atoms with van der Waals surface area (Å²) in [7, 11) is 3.86. The summed E-state index contributed by atoms with van der Waals surface area (Å²) in [6.07, 6.45) is 1.80. The molecule has 0 atom stereocenters. The summed E-state index contributed by atoms with van der Waals surface area (Å²) < 4.78 is 6.57. The fourth-order valence-corrected chi connectivity index (χ4v) is 2.56. The molecular formula is C12H18IN3O. The molecule has 0 spiro atoms. The van der Waals surface area contributed by atoms with E-state index in [2.05, 4.69) is 44.4 Å². The summed E-state index contributed by atoms with van der Waals surface area (Å²) in [5.41, 5.74) is 1.21. The van der Waals surface area contributed by atoms with Crippen LogP contribution in [0.4, 0.5) is 0 Å². The van der Waals surface area contributed by atoms with Crippen molar-refractivity contribution in [3.8, 4) is 5.88 Å². The van der Waals surface area contributed by atoms with E-state index in [1.807, 2.05) is 6.07 Å². The fraction of sp³-hybridized carbons (Fsp3) is 0.583. The highest BCUT2D eigenvalue weighted by Gasteiger charge is 2.17. The predicted molar refractivity (Wildman–Crippen MR) is 76.3 cm³/mol. The fourth-order valence-electron chi connectivity index (χ4n) is 2.00. The molecule has 94 valence electrons. The van der Waals surface area contributed by atoms with Gasteiger partial charge in [0.25, 0.3) is 0 Å². The Bertz CT molecular complexity index is 378. The van der Waals surface area contributed by atoms with Crippen molar-refractivity contribution in [2.45, 2.75) is 6.54 Å². The minimum atomic E-state index is 0.760. The van der Waals surface area contributed by atoms with E-state index in [4.69, 9.17) is 4.74 Å². The average molecular weight is 347 g/mol. The summed E-state index contributed by atoms with van der Waals surface area (Å²) in [4.78, 5) is 9.10. The van der Waals surface area contributed by atoms with E-state index in [1.165, 1.54) is 9.13 Å². The van der Waals surface area contributed by atoms with Crippen LogP contribution in [0.2, 0.25) is 0 Å². The van der Waals surface area contributed by atoms with Gasteiger partial charge in [-0.3, -0.25) is 4.90 Å². The number of pyridine rings is 1. The Labute approximate surface area is 116 Å². The molecule has 0 amide bonds. The number of aromatic nitrogens is 1. The van der Waals surface area contributed by atoms with Crippen molar-refractivity contribution in [2.75, 3.05) is 40.3 Å². The lowest BCUT2D eigenvalue weighted by Gasteiger charge is -2.32. The van der Waals surface area contributed by atoms with Gasteiger partial charge in [0, 0.05) is 48.1 Å². The molecular weight excluding hydrogens is 329 g/mol. The number of nitrogens with zero attached hydrogens (tertiary/aromatic N) is 3. The lowest BCUT2D eigenvalue weighted by molar-refractivity contribution is 0.146. The Morgan fingerprint density at radius 3 is 2.71 bits per heavy atom. The van der Waals surface area contributed by atoms with E-state index in [1.54, 1.807) is 13.3 Å². The third-order valence-electron chi connectivity index (χ3n) is 3.13. The lowest BCUT2D eigenvalue weighted by atomic mass is 10.2. The van der Waals surface area contributed by atoms with Crippen molar-refractivity contribution in [3.63, 3.8) is 0 Å². The Morgan fingerprint density at radius 1 is 1.35 bits per heavy atom. The molecule has 2 rings (SSSR count). The first-order chi connectivity index (χ1) is 8.20. The highest BCUT2D eigenvalue weighted by Crippen LogP contribution is 2.23. The quantitative estimate of drug-likeness (QED) is 0.774. The molecule has 1 saturated heterocycles. The predicted octanol–water partition coefficient (Wildman–Crippen LogP) is 1.44. The Balaban J connectivity index is 2.07. The van der Waals surface area contributed by atoms with E-state index in [-0.39, 0.29) is 0 Å². The molecule has 1 fully saturated rings. The second-order valence-corrected chi connectivity index (χ2v) is 5.52. The molecule has 0 N–H and O–H groups in total. The van der Waals surface area contributed by atoms with Gasteiger partial charge in [0.1, 0.15) is 0 Å². The number of methoxy groups -OCH3 is 1. The van der Waals surface area contributed by atoms with Crippen LogP contribution < -0.4 is 4.74 Å². The lowest BCUT2D eigenvalue weighted by Crippen LogP contribution is -2.44. The second kappa shape index (κ2) is 5.97. The molecule has 5 heteroatoms. The van der Waals surface area contributed by atoms with E-state index in [0.717, 1.165) is 38.6 Å². The van der Waals surface area contributed by atoms with Gasteiger partial charge in [-0.15, -0.1) is 0 Å². The monoisotopic (exact) mass is 347 g/mol. The molecule has 1 aliphatic rings. The van der Waals surface area contributed by atoms with E-state index in [0.29, 0.717) is 0 Å². The van der Waals surface area contributed by atoms with Crippen molar-refractivity contribution in [1.82, 2.24) is 14.8 Å². The van der Waals surface area contributed by atoms with Gasteiger partial charge in [-0.25, -0.2) is 4.98 Å². The Kier molecular flexibility index (Phi) is 4.58. The first kappa shape index (κ1) is 13.0. The molecule has 0 radical (unpaired) electrons. The third kappa shape index (κ3) is 3.29. The molecule has 0 aliphatic carbocycles. The van der Waals surface area contributed by atoms with Crippen LogP contribution in [0.3, 0.4) is 0 Å². The van der Waals surface area contributed by atoms with Crippen LogP contribution in [0.25, 0.3) is 0 Å². The highest BCUT2D eigenvalue weighted by molar-refractivity contribution is 14.1. The van der Waals surface area contributed by atoms with Crippen molar-refractivity contribution in [2.24, 2.45) is 0 Å². The number of hydrogen-bond acceptors (Lipinski definition) is 4. The molecule has 1 aromatic rings. The number of halogens is 1. The van der Waals surface area contributed by atoms with Gasteiger partial charge in [-0.1, -0.05) is 0 Å². The maximum absolute atomic E-state index is 5.34. The van der Waals surface area contributed by atoms with Crippen LogP contribution >= 0.6 is 22.6 Å². The third-order valence-corrected chi connectivity index (χ3v) is 4.14. The first-order valence-electron chi connectivity index (χ1n) is 5.79. The molecule has 2 heterocycles. The van der Waals surface area contributed by atoms with Gasteiger partial charge in [0.05, 0.1) is 7.11 Å². The smallest absolute Gasteiger partial charge is 0.218 e. The maximum atomic E-state index is 5.34. The molecule has 0 aromatic carbocycles. The van der Waals surface area contributed by atoms with Crippen molar-refractivity contribution in [3.05, 3.63) is 21.4 Å².